The third kappa shape index (κ3) is 5.27. The fourth-order valence-electron chi connectivity index (χ4n) is 1.88. The minimum absolute atomic E-state index is 0.0852. The quantitative estimate of drug-likeness (QED) is 0.589. The summed E-state index contributed by atoms with van der Waals surface area (Å²) in [7, 11) is 0. The molecular formula is C14H21N3O3. The molecule has 110 valence electrons. The summed E-state index contributed by atoms with van der Waals surface area (Å²) in [4.78, 5) is 23.3. The second kappa shape index (κ2) is 8.16. The molecular weight excluding hydrogens is 258 g/mol. The van der Waals surface area contributed by atoms with Crippen LogP contribution in [0.25, 0.3) is 0 Å². The maximum atomic E-state index is 12.2. The molecule has 0 aliphatic heterocycles. The summed E-state index contributed by atoms with van der Waals surface area (Å²) in [5, 5.41) is 14.0. The Hall–Kier alpha value is -2.08. The van der Waals surface area contributed by atoms with Gasteiger partial charge in [0, 0.05) is 12.6 Å². The van der Waals surface area contributed by atoms with Gasteiger partial charge in [-0.3, -0.25) is 4.79 Å². The molecule has 0 saturated heterocycles. The van der Waals surface area contributed by atoms with Crippen LogP contribution in [-0.2, 0) is 4.79 Å². The topological polar surface area (TPSA) is 104 Å². The van der Waals surface area contributed by atoms with E-state index in [1.165, 1.54) is 0 Å². The first-order valence-corrected chi connectivity index (χ1v) is 6.56. The van der Waals surface area contributed by atoms with Crippen LogP contribution in [0.3, 0.4) is 0 Å². The zero-order chi connectivity index (χ0) is 15.0. The average molecular weight is 279 g/mol. The highest BCUT2D eigenvalue weighted by Crippen LogP contribution is 2.13. The van der Waals surface area contributed by atoms with Gasteiger partial charge in [0.1, 0.15) is 6.04 Å². The van der Waals surface area contributed by atoms with Crippen LogP contribution < -0.4 is 16.4 Å². The summed E-state index contributed by atoms with van der Waals surface area (Å²) < 4.78 is 0. The van der Waals surface area contributed by atoms with Gasteiger partial charge in [-0.2, -0.15) is 0 Å². The Morgan fingerprint density at radius 1 is 1.25 bits per heavy atom. The highest BCUT2D eigenvalue weighted by atomic mass is 16.3. The van der Waals surface area contributed by atoms with Gasteiger partial charge in [0.05, 0.1) is 0 Å². The summed E-state index contributed by atoms with van der Waals surface area (Å²) in [6.45, 7) is 1.93. The van der Waals surface area contributed by atoms with E-state index >= 15 is 0 Å². The van der Waals surface area contributed by atoms with Crippen molar-refractivity contribution in [2.75, 3.05) is 6.61 Å². The Kier molecular flexibility index (Phi) is 6.52. The largest absolute Gasteiger partial charge is 0.396 e. The Morgan fingerprint density at radius 2 is 1.90 bits per heavy atom. The number of primary amides is 1. The molecule has 0 fully saturated rings. The lowest BCUT2D eigenvalue weighted by Crippen LogP contribution is -2.45. The Bertz CT molecular complexity index is 437. The minimum atomic E-state index is -0.815. The van der Waals surface area contributed by atoms with Crippen LogP contribution in [0.2, 0.25) is 0 Å². The highest BCUT2D eigenvalue weighted by molar-refractivity contribution is 5.87. The summed E-state index contributed by atoms with van der Waals surface area (Å²) in [6, 6.07) is 7.24. The number of rotatable bonds is 7. The number of hydrogen-bond donors (Lipinski definition) is 4. The van der Waals surface area contributed by atoms with Crippen molar-refractivity contribution in [3.63, 3.8) is 0 Å². The first-order valence-electron chi connectivity index (χ1n) is 6.56. The average Bonchev–Trinajstić information content (AvgIpc) is 2.43. The van der Waals surface area contributed by atoms with Gasteiger partial charge in [-0.1, -0.05) is 30.3 Å². The Morgan fingerprint density at radius 3 is 2.45 bits per heavy atom. The number of carbonyl (C=O) groups excluding carboxylic acids is 2. The smallest absolute Gasteiger partial charge is 0.313 e. The van der Waals surface area contributed by atoms with Crippen molar-refractivity contribution in [1.82, 2.24) is 10.6 Å². The van der Waals surface area contributed by atoms with Gasteiger partial charge in [-0.15, -0.1) is 0 Å². The molecule has 0 heterocycles. The third-order valence-corrected chi connectivity index (χ3v) is 2.87. The summed E-state index contributed by atoms with van der Waals surface area (Å²) in [5.41, 5.74) is 5.78. The molecule has 0 bridgehead atoms. The number of nitrogens with two attached hydrogens (primary N) is 1. The number of aliphatic hydroxyl groups is 1. The van der Waals surface area contributed by atoms with Gasteiger partial charge < -0.3 is 21.5 Å². The molecule has 2 unspecified atom stereocenters. The Balaban J connectivity index is 2.73. The van der Waals surface area contributed by atoms with E-state index in [0.717, 1.165) is 0 Å². The molecule has 1 rings (SSSR count). The third-order valence-electron chi connectivity index (χ3n) is 2.87. The standard InChI is InChI=1S/C14H21N3O3/c1-10(6-5-9-18)16-13(19)12(17-14(15)20)11-7-3-2-4-8-11/h2-4,7-8,10,12,18H,5-6,9H2,1H3,(H,16,19)(H3,15,17,20). The second-order valence-electron chi connectivity index (χ2n) is 4.63. The lowest BCUT2D eigenvalue weighted by molar-refractivity contribution is -0.123. The van der Waals surface area contributed by atoms with Crippen LogP contribution in [-0.4, -0.2) is 29.7 Å². The number of hydrogen-bond acceptors (Lipinski definition) is 3. The van der Waals surface area contributed by atoms with Crippen LogP contribution in [0.15, 0.2) is 30.3 Å². The number of amides is 3. The van der Waals surface area contributed by atoms with Gasteiger partial charge >= 0.3 is 6.03 Å². The minimum Gasteiger partial charge on any atom is -0.396 e. The highest BCUT2D eigenvalue weighted by Gasteiger charge is 2.22. The lowest BCUT2D eigenvalue weighted by Gasteiger charge is -2.20. The van der Waals surface area contributed by atoms with Crippen molar-refractivity contribution in [1.29, 1.82) is 0 Å². The second-order valence-corrected chi connectivity index (χ2v) is 4.63. The van der Waals surface area contributed by atoms with E-state index in [0.29, 0.717) is 18.4 Å². The number of aliphatic hydroxyl groups excluding tert-OH is 1. The molecule has 5 N–H and O–H groups in total. The predicted molar refractivity (Wildman–Crippen MR) is 75.8 cm³/mol. The molecule has 0 aromatic heterocycles. The molecule has 1 aromatic carbocycles. The van der Waals surface area contributed by atoms with E-state index in [4.69, 9.17) is 10.8 Å². The van der Waals surface area contributed by atoms with Crippen LogP contribution in [0.5, 0.6) is 0 Å². The molecule has 6 heteroatoms. The maximum absolute atomic E-state index is 12.2. The number of benzene rings is 1. The molecule has 1 aromatic rings. The van der Waals surface area contributed by atoms with E-state index in [-0.39, 0.29) is 18.6 Å². The summed E-state index contributed by atoms with van der Waals surface area (Å²) in [6.07, 6.45) is 1.28. The predicted octanol–water partition coefficient (Wildman–Crippen LogP) is 0.673. The Labute approximate surface area is 118 Å². The van der Waals surface area contributed by atoms with Crippen LogP contribution in [0.4, 0.5) is 4.79 Å². The van der Waals surface area contributed by atoms with Crippen molar-refractivity contribution in [3.05, 3.63) is 35.9 Å². The molecule has 0 saturated carbocycles. The van der Waals surface area contributed by atoms with Crippen LogP contribution >= 0.6 is 0 Å². The fraction of sp³-hybridized carbons (Fsp3) is 0.429. The van der Waals surface area contributed by atoms with Gasteiger partial charge in [-0.05, 0) is 25.3 Å². The lowest BCUT2D eigenvalue weighted by atomic mass is 10.1. The zero-order valence-electron chi connectivity index (χ0n) is 11.5. The summed E-state index contributed by atoms with van der Waals surface area (Å²) >= 11 is 0. The molecule has 3 amide bonds. The molecule has 2 atom stereocenters. The molecule has 6 nitrogen and oxygen atoms in total. The number of carbonyl (C=O) groups is 2. The molecule has 0 aliphatic rings. The summed E-state index contributed by atoms with van der Waals surface area (Å²) in [5.74, 6) is -0.319. The van der Waals surface area contributed by atoms with Gasteiger partial charge in [0.2, 0.25) is 5.91 Å². The van der Waals surface area contributed by atoms with Crippen molar-refractivity contribution in [2.45, 2.75) is 31.8 Å². The van der Waals surface area contributed by atoms with Crippen molar-refractivity contribution in [2.24, 2.45) is 5.73 Å². The normalized spacial score (nSPS) is 13.3. The first kappa shape index (κ1) is 16.0. The van der Waals surface area contributed by atoms with Gasteiger partial charge in [-0.25, -0.2) is 4.79 Å². The maximum Gasteiger partial charge on any atom is 0.313 e. The van der Waals surface area contributed by atoms with Gasteiger partial charge in [0.25, 0.3) is 0 Å². The zero-order valence-corrected chi connectivity index (χ0v) is 11.5. The fourth-order valence-corrected chi connectivity index (χ4v) is 1.88. The van der Waals surface area contributed by atoms with E-state index in [1.807, 2.05) is 13.0 Å². The first-order chi connectivity index (χ1) is 9.54. The van der Waals surface area contributed by atoms with E-state index in [9.17, 15) is 9.59 Å². The van der Waals surface area contributed by atoms with Crippen LogP contribution in [0, 0.1) is 0 Å². The van der Waals surface area contributed by atoms with E-state index < -0.39 is 12.1 Å². The molecule has 0 spiro atoms. The molecule has 0 aliphatic carbocycles. The van der Waals surface area contributed by atoms with Crippen molar-refractivity contribution >= 4 is 11.9 Å². The van der Waals surface area contributed by atoms with E-state index in [1.54, 1.807) is 24.3 Å². The monoisotopic (exact) mass is 279 g/mol. The molecule has 0 radical (unpaired) electrons. The van der Waals surface area contributed by atoms with Crippen molar-refractivity contribution < 1.29 is 14.7 Å². The van der Waals surface area contributed by atoms with Crippen LogP contribution in [0.1, 0.15) is 31.4 Å². The number of urea groups is 1. The van der Waals surface area contributed by atoms with E-state index in [2.05, 4.69) is 10.6 Å². The van der Waals surface area contributed by atoms with Crippen molar-refractivity contribution in [3.8, 4) is 0 Å². The molecule has 20 heavy (non-hydrogen) atoms. The van der Waals surface area contributed by atoms with Gasteiger partial charge in [0.15, 0.2) is 0 Å². The number of nitrogens with one attached hydrogen (secondary N) is 2. The SMILES string of the molecule is CC(CCCO)NC(=O)C(NC(N)=O)c1ccccc1.